The second-order valence-corrected chi connectivity index (χ2v) is 8.33. The van der Waals surface area contributed by atoms with Gasteiger partial charge in [0.2, 0.25) is 10.0 Å². The van der Waals surface area contributed by atoms with Crippen molar-refractivity contribution in [2.75, 3.05) is 19.6 Å². The molecule has 0 radical (unpaired) electrons. The molecule has 1 unspecified atom stereocenters. The molecule has 0 aliphatic carbocycles. The molecule has 4 rings (SSSR count). The van der Waals surface area contributed by atoms with Gasteiger partial charge in [-0.2, -0.15) is 0 Å². The molecule has 7 heteroatoms. The summed E-state index contributed by atoms with van der Waals surface area (Å²) in [6, 6.07) is 4.82. The zero-order valence-corrected chi connectivity index (χ0v) is 14.0. The van der Waals surface area contributed by atoms with Gasteiger partial charge in [-0.15, -0.1) is 0 Å². The van der Waals surface area contributed by atoms with Crippen LogP contribution < -0.4 is 4.72 Å². The minimum absolute atomic E-state index is 0.00178. The maximum Gasteiger partial charge on any atom is 0.241 e. The quantitative estimate of drug-likeness (QED) is 0.833. The van der Waals surface area contributed by atoms with E-state index >= 15 is 0 Å². The van der Waals surface area contributed by atoms with Crippen molar-refractivity contribution in [2.45, 2.75) is 30.4 Å². The van der Waals surface area contributed by atoms with E-state index in [4.69, 9.17) is 5.11 Å². The minimum atomic E-state index is -3.54. The Hall–Kier alpha value is -0.470. The first-order chi connectivity index (χ1) is 9.99. The van der Waals surface area contributed by atoms with Crippen LogP contribution in [0.15, 0.2) is 27.6 Å². The van der Waals surface area contributed by atoms with E-state index in [1.807, 2.05) is 0 Å². The molecule has 0 amide bonds. The van der Waals surface area contributed by atoms with Gasteiger partial charge in [0.1, 0.15) is 0 Å². The number of rotatable bonds is 4. The first-order valence-electron chi connectivity index (χ1n) is 7.13. The summed E-state index contributed by atoms with van der Waals surface area (Å²) >= 11 is 3.29. The highest BCUT2D eigenvalue weighted by Crippen LogP contribution is 2.30. The maximum atomic E-state index is 12.6. The third-order valence-electron chi connectivity index (χ3n) is 4.43. The van der Waals surface area contributed by atoms with Gasteiger partial charge in [-0.1, -0.05) is 6.07 Å². The lowest BCUT2D eigenvalue weighted by atomic mass is 9.85. The SMILES string of the molecule is O=S(=O)(NC1CN2CCC1CC2)c1ccc(CO)cc1Br. The highest BCUT2D eigenvalue weighted by Gasteiger charge is 2.36. The predicted octanol–water partition coefficient (Wildman–Crippen LogP) is 1.31. The summed E-state index contributed by atoms with van der Waals surface area (Å²) in [5.74, 6) is 0.445. The van der Waals surface area contributed by atoms with Crippen LogP contribution in [0.1, 0.15) is 18.4 Å². The molecule has 3 aliphatic heterocycles. The summed E-state index contributed by atoms with van der Waals surface area (Å²) in [6.45, 7) is 2.86. The van der Waals surface area contributed by atoms with Crippen LogP contribution >= 0.6 is 15.9 Å². The molecule has 1 atom stereocenters. The molecular formula is C14H19BrN2O3S. The van der Waals surface area contributed by atoms with Gasteiger partial charge < -0.3 is 10.0 Å². The minimum Gasteiger partial charge on any atom is -0.392 e. The average Bonchev–Trinajstić information content (AvgIpc) is 2.47. The fourth-order valence-corrected chi connectivity index (χ4v) is 5.64. The number of sulfonamides is 1. The number of halogens is 1. The molecule has 2 N–H and O–H groups in total. The van der Waals surface area contributed by atoms with Crippen LogP contribution in [0.2, 0.25) is 0 Å². The Kier molecular flexibility index (Phi) is 4.38. The van der Waals surface area contributed by atoms with Crippen molar-refractivity contribution < 1.29 is 13.5 Å². The van der Waals surface area contributed by atoms with Crippen molar-refractivity contribution in [1.82, 2.24) is 9.62 Å². The Balaban J connectivity index is 1.81. The van der Waals surface area contributed by atoms with Crippen molar-refractivity contribution in [2.24, 2.45) is 5.92 Å². The van der Waals surface area contributed by atoms with E-state index in [2.05, 4.69) is 25.6 Å². The Morgan fingerprint density at radius 3 is 2.57 bits per heavy atom. The molecule has 5 nitrogen and oxygen atoms in total. The molecule has 3 fully saturated rings. The van der Waals surface area contributed by atoms with Gasteiger partial charge in [0.05, 0.1) is 11.5 Å². The fourth-order valence-electron chi connectivity index (χ4n) is 3.22. The molecule has 1 aromatic carbocycles. The van der Waals surface area contributed by atoms with E-state index in [9.17, 15) is 8.42 Å². The number of fused-ring (bicyclic) bond motifs is 3. The summed E-state index contributed by atoms with van der Waals surface area (Å²) in [7, 11) is -3.54. The lowest BCUT2D eigenvalue weighted by Crippen LogP contribution is -2.57. The van der Waals surface area contributed by atoms with E-state index in [0.29, 0.717) is 16.0 Å². The third kappa shape index (κ3) is 3.17. The number of nitrogens with one attached hydrogen (secondary N) is 1. The predicted molar refractivity (Wildman–Crippen MR) is 83.3 cm³/mol. The number of aliphatic hydroxyl groups is 1. The van der Waals surface area contributed by atoms with Gasteiger partial charge in [0.15, 0.2) is 0 Å². The second kappa shape index (κ2) is 5.96. The topological polar surface area (TPSA) is 69.6 Å². The molecule has 3 aliphatic rings. The largest absolute Gasteiger partial charge is 0.392 e. The molecule has 0 aromatic heterocycles. The van der Waals surface area contributed by atoms with Crippen molar-refractivity contribution in [3.05, 3.63) is 28.2 Å². The normalized spacial score (nSPS) is 28.8. The summed E-state index contributed by atoms with van der Waals surface area (Å²) in [5, 5.41) is 9.10. The molecule has 116 valence electrons. The van der Waals surface area contributed by atoms with Crippen molar-refractivity contribution >= 4 is 26.0 Å². The number of hydrogen-bond donors (Lipinski definition) is 2. The van der Waals surface area contributed by atoms with Crippen LogP contribution in [-0.4, -0.2) is 44.1 Å². The van der Waals surface area contributed by atoms with Crippen LogP contribution in [0.3, 0.4) is 0 Å². The molecule has 0 saturated carbocycles. The van der Waals surface area contributed by atoms with E-state index < -0.39 is 10.0 Å². The molecule has 0 spiro atoms. The van der Waals surface area contributed by atoms with Crippen molar-refractivity contribution in [3.8, 4) is 0 Å². The fraction of sp³-hybridized carbons (Fsp3) is 0.571. The molecule has 21 heavy (non-hydrogen) atoms. The van der Waals surface area contributed by atoms with Crippen molar-refractivity contribution in [3.63, 3.8) is 0 Å². The maximum absolute atomic E-state index is 12.6. The van der Waals surface area contributed by atoms with Gasteiger partial charge in [-0.25, -0.2) is 13.1 Å². The Morgan fingerprint density at radius 1 is 1.33 bits per heavy atom. The monoisotopic (exact) mass is 374 g/mol. The first kappa shape index (κ1) is 15.4. The molecule has 1 aromatic rings. The number of benzene rings is 1. The molecule has 3 saturated heterocycles. The Labute approximate surface area is 133 Å². The van der Waals surface area contributed by atoms with Gasteiger partial charge in [0.25, 0.3) is 0 Å². The number of hydrogen-bond acceptors (Lipinski definition) is 4. The summed E-state index contributed by atoms with van der Waals surface area (Å²) in [6.07, 6.45) is 2.13. The number of nitrogens with zero attached hydrogens (tertiary/aromatic N) is 1. The Bertz CT molecular complexity index is 627. The summed E-state index contributed by atoms with van der Waals surface area (Å²) in [5.41, 5.74) is 0.684. The smallest absolute Gasteiger partial charge is 0.241 e. The van der Waals surface area contributed by atoms with E-state index in [0.717, 1.165) is 32.5 Å². The lowest BCUT2D eigenvalue weighted by Gasteiger charge is -2.44. The highest BCUT2D eigenvalue weighted by atomic mass is 79.9. The molecular weight excluding hydrogens is 356 g/mol. The zero-order valence-electron chi connectivity index (χ0n) is 11.6. The molecule has 3 heterocycles. The zero-order chi connectivity index (χ0) is 15.0. The van der Waals surface area contributed by atoms with Crippen LogP contribution in [0.5, 0.6) is 0 Å². The van der Waals surface area contributed by atoms with Gasteiger partial charge in [-0.3, -0.25) is 0 Å². The van der Waals surface area contributed by atoms with Crippen LogP contribution in [-0.2, 0) is 16.6 Å². The Morgan fingerprint density at radius 2 is 2.05 bits per heavy atom. The van der Waals surface area contributed by atoms with Gasteiger partial charge in [0, 0.05) is 17.1 Å². The highest BCUT2D eigenvalue weighted by molar-refractivity contribution is 9.10. The molecule has 2 bridgehead atoms. The van der Waals surface area contributed by atoms with E-state index in [-0.39, 0.29) is 17.5 Å². The van der Waals surface area contributed by atoms with Crippen LogP contribution in [0.25, 0.3) is 0 Å². The summed E-state index contributed by atoms with van der Waals surface area (Å²) in [4.78, 5) is 2.55. The first-order valence-corrected chi connectivity index (χ1v) is 9.41. The van der Waals surface area contributed by atoms with E-state index in [1.54, 1.807) is 18.2 Å². The number of aliphatic hydroxyl groups excluding tert-OH is 1. The lowest BCUT2D eigenvalue weighted by molar-refractivity contribution is 0.0827. The standard InChI is InChI=1S/C14H19BrN2O3S/c15-12-7-10(9-18)1-2-14(12)21(19,20)16-13-8-17-5-3-11(13)4-6-17/h1-2,7,11,13,16,18H,3-6,8-9H2. The van der Waals surface area contributed by atoms with Gasteiger partial charge in [-0.05, 0) is 65.5 Å². The van der Waals surface area contributed by atoms with Gasteiger partial charge >= 0.3 is 0 Å². The summed E-state index contributed by atoms with van der Waals surface area (Å²) < 4.78 is 28.5. The van der Waals surface area contributed by atoms with Crippen LogP contribution in [0, 0.1) is 5.92 Å². The number of piperidine rings is 3. The average molecular weight is 375 g/mol. The van der Waals surface area contributed by atoms with Crippen molar-refractivity contribution in [1.29, 1.82) is 0 Å². The second-order valence-electron chi connectivity index (χ2n) is 5.79. The third-order valence-corrected chi connectivity index (χ3v) is 6.90. The van der Waals surface area contributed by atoms with E-state index in [1.165, 1.54) is 0 Å². The van der Waals surface area contributed by atoms with Crippen LogP contribution in [0.4, 0.5) is 0 Å².